The summed E-state index contributed by atoms with van der Waals surface area (Å²) in [5.74, 6) is 0.0980. The Bertz CT molecular complexity index is 1160. The smallest absolute Gasteiger partial charge is 0.416 e. The first-order valence-electron chi connectivity index (χ1n) is 8.67. The van der Waals surface area contributed by atoms with E-state index in [1.807, 2.05) is 25.1 Å². The van der Waals surface area contributed by atoms with Gasteiger partial charge in [-0.3, -0.25) is 0 Å². The van der Waals surface area contributed by atoms with Crippen LogP contribution in [-0.2, 0) is 15.7 Å². The maximum absolute atomic E-state index is 12.9. The molecule has 146 valence electrons. The Hall–Kier alpha value is -3.61. The lowest BCUT2D eigenvalue weighted by Crippen LogP contribution is -2.06. The van der Waals surface area contributed by atoms with E-state index in [2.05, 4.69) is 4.99 Å². The molecule has 4 nitrogen and oxygen atoms in total. The first-order chi connectivity index (χ1) is 13.8. The van der Waals surface area contributed by atoms with Gasteiger partial charge in [-0.25, -0.2) is 9.79 Å². The van der Waals surface area contributed by atoms with Gasteiger partial charge in [-0.2, -0.15) is 13.2 Å². The Morgan fingerprint density at radius 1 is 1.00 bits per heavy atom. The summed E-state index contributed by atoms with van der Waals surface area (Å²) in [7, 11) is 0. The molecule has 0 amide bonds. The molecule has 4 rings (SSSR count). The minimum absolute atomic E-state index is 0.0493. The average Bonchev–Trinajstić information content (AvgIpc) is 3.29. The van der Waals surface area contributed by atoms with Gasteiger partial charge < -0.3 is 9.15 Å². The fourth-order valence-corrected chi connectivity index (χ4v) is 2.91. The molecule has 0 atom stereocenters. The molecule has 1 aliphatic rings. The molecule has 29 heavy (non-hydrogen) atoms. The van der Waals surface area contributed by atoms with Gasteiger partial charge in [0.05, 0.1) is 5.56 Å². The van der Waals surface area contributed by atoms with Crippen molar-refractivity contribution in [1.29, 1.82) is 0 Å². The predicted molar refractivity (Wildman–Crippen MR) is 101 cm³/mol. The number of cyclic esters (lactones) is 1. The van der Waals surface area contributed by atoms with Gasteiger partial charge in [-0.05, 0) is 42.8 Å². The molecule has 2 heterocycles. The molecule has 3 aromatic rings. The molecule has 0 spiro atoms. The Morgan fingerprint density at radius 2 is 1.79 bits per heavy atom. The number of alkyl halides is 3. The third kappa shape index (κ3) is 3.85. The molecule has 0 fully saturated rings. The molecule has 0 saturated heterocycles. The van der Waals surface area contributed by atoms with Crippen LogP contribution in [-0.4, -0.2) is 11.9 Å². The number of benzene rings is 2. The van der Waals surface area contributed by atoms with Gasteiger partial charge in [0.25, 0.3) is 0 Å². The van der Waals surface area contributed by atoms with Crippen LogP contribution >= 0.6 is 0 Å². The van der Waals surface area contributed by atoms with Gasteiger partial charge in [0, 0.05) is 17.2 Å². The third-order valence-corrected chi connectivity index (χ3v) is 4.38. The van der Waals surface area contributed by atoms with Crippen molar-refractivity contribution in [3.05, 3.63) is 88.8 Å². The zero-order chi connectivity index (χ0) is 20.6. The molecule has 0 unspecified atom stereocenters. The van der Waals surface area contributed by atoms with Gasteiger partial charge in [-0.1, -0.05) is 30.3 Å². The van der Waals surface area contributed by atoms with Crippen LogP contribution in [0, 0.1) is 6.92 Å². The first-order valence-corrected chi connectivity index (χ1v) is 8.67. The van der Waals surface area contributed by atoms with Crippen molar-refractivity contribution in [1.82, 2.24) is 0 Å². The summed E-state index contributed by atoms with van der Waals surface area (Å²) in [6, 6.07) is 15.3. The van der Waals surface area contributed by atoms with Gasteiger partial charge in [-0.15, -0.1) is 0 Å². The van der Waals surface area contributed by atoms with Crippen molar-refractivity contribution in [3.8, 4) is 11.3 Å². The number of aliphatic imine (C=N–C) groups is 1. The van der Waals surface area contributed by atoms with E-state index in [-0.39, 0.29) is 28.7 Å². The largest absolute Gasteiger partial charge is 0.457 e. The number of aryl methyl sites for hydroxylation is 1. The zero-order valence-electron chi connectivity index (χ0n) is 15.2. The summed E-state index contributed by atoms with van der Waals surface area (Å²) in [5, 5.41) is 0. The SMILES string of the molecule is Cc1ccccc1C1=NC(=Cc2ccc(-c3cccc(C(F)(F)F)c3)o2)C(=O)O1. The van der Waals surface area contributed by atoms with Crippen LogP contribution < -0.4 is 0 Å². The second kappa shape index (κ2) is 7.09. The standard InChI is InChI=1S/C22H14F3NO3/c1-13-5-2-3-8-17(13)20-26-18(21(27)29-20)12-16-9-10-19(28-16)14-6-4-7-15(11-14)22(23,24)25/h2-12H,1H3. The van der Waals surface area contributed by atoms with Crippen LogP contribution in [0.4, 0.5) is 13.2 Å². The van der Waals surface area contributed by atoms with Crippen molar-refractivity contribution in [2.75, 3.05) is 0 Å². The van der Waals surface area contributed by atoms with Gasteiger partial charge in [0.2, 0.25) is 5.90 Å². The van der Waals surface area contributed by atoms with Crippen LogP contribution in [0.5, 0.6) is 0 Å². The van der Waals surface area contributed by atoms with E-state index < -0.39 is 17.7 Å². The molecule has 1 aromatic heterocycles. The van der Waals surface area contributed by atoms with E-state index in [1.54, 1.807) is 12.1 Å². The number of hydrogen-bond donors (Lipinski definition) is 0. The molecule has 0 bridgehead atoms. The second-order valence-corrected chi connectivity index (χ2v) is 6.43. The van der Waals surface area contributed by atoms with Crippen LogP contribution in [0.25, 0.3) is 17.4 Å². The summed E-state index contributed by atoms with van der Waals surface area (Å²) in [6.45, 7) is 1.88. The normalized spacial score (nSPS) is 15.5. The lowest BCUT2D eigenvalue weighted by molar-refractivity contribution is -0.137. The lowest BCUT2D eigenvalue weighted by Gasteiger charge is -2.07. The van der Waals surface area contributed by atoms with E-state index >= 15 is 0 Å². The highest BCUT2D eigenvalue weighted by atomic mass is 19.4. The fourth-order valence-electron chi connectivity index (χ4n) is 2.91. The van der Waals surface area contributed by atoms with Crippen molar-refractivity contribution in [2.45, 2.75) is 13.1 Å². The van der Waals surface area contributed by atoms with Crippen LogP contribution in [0.2, 0.25) is 0 Å². The van der Waals surface area contributed by atoms with Crippen LogP contribution in [0.15, 0.2) is 75.8 Å². The second-order valence-electron chi connectivity index (χ2n) is 6.43. The number of ether oxygens (including phenoxy) is 1. The number of hydrogen-bond acceptors (Lipinski definition) is 4. The fraction of sp³-hybridized carbons (Fsp3) is 0.0909. The van der Waals surface area contributed by atoms with E-state index in [0.717, 1.165) is 17.7 Å². The summed E-state index contributed by atoms with van der Waals surface area (Å²) in [6.07, 6.45) is -3.05. The van der Waals surface area contributed by atoms with Gasteiger partial charge in [0.1, 0.15) is 11.5 Å². The monoisotopic (exact) mass is 397 g/mol. The topological polar surface area (TPSA) is 51.8 Å². The first kappa shape index (κ1) is 18.7. The highest BCUT2D eigenvalue weighted by Crippen LogP contribution is 2.33. The molecular weight excluding hydrogens is 383 g/mol. The minimum atomic E-state index is -4.44. The Morgan fingerprint density at radius 3 is 2.55 bits per heavy atom. The third-order valence-electron chi connectivity index (χ3n) is 4.38. The highest BCUT2D eigenvalue weighted by molar-refractivity contribution is 6.13. The molecule has 0 radical (unpaired) electrons. The quantitative estimate of drug-likeness (QED) is 0.426. The average molecular weight is 397 g/mol. The minimum Gasteiger partial charge on any atom is -0.457 e. The number of carbonyl (C=O) groups is 1. The molecule has 0 saturated carbocycles. The summed E-state index contributed by atoms with van der Waals surface area (Å²) in [5.41, 5.74) is 1.17. The van der Waals surface area contributed by atoms with Crippen molar-refractivity contribution in [2.24, 2.45) is 4.99 Å². The summed E-state index contributed by atoms with van der Waals surface area (Å²) >= 11 is 0. The molecule has 1 aliphatic heterocycles. The molecule has 0 aliphatic carbocycles. The van der Waals surface area contributed by atoms with E-state index in [9.17, 15) is 18.0 Å². The Balaban J connectivity index is 1.63. The predicted octanol–water partition coefficient (Wildman–Crippen LogP) is 5.62. The van der Waals surface area contributed by atoms with Gasteiger partial charge >= 0.3 is 12.1 Å². The number of nitrogens with zero attached hydrogens (tertiary/aromatic N) is 1. The Kier molecular flexibility index (Phi) is 4.58. The van der Waals surface area contributed by atoms with Crippen molar-refractivity contribution >= 4 is 17.9 Å². The van der Waals surface area contributed by atoms with E-state index in [4.69, 9.17) is 9.15 Å². The summed E-state index contributed by atoms with van der Waals surface area (Å²) in [4.78, 5) is 16.4. The lowest BCUT2D eigenvalue weighted by atomic mass is 10.1. The van der Waals surface area contributed by atoms with Crippen molar-refractivity contribution < 1.29 is 27.1 Å². The molecule has 7 heteroatoms. The van der Waals surface area contributed by atoms with Crippen molar-refractivity contribution in [3.63, 3.8) is 0 Å². The van der Waals surface area contributed by atoms with E-state index in [0.29, 0.717) is 5.56 Å². The Labute approximate surface area is 164 Å². The maximum atomic E-state index is 12.9. The maximum Gasteiger partial charge on any atom is 0.416 e. The zero-order valence-corrected chi connectivity index (χ0v) is 15.2. The number of rotatable bonds is 3. The number of furan rings is 1. The number of halogens is 3. The molecule has 0 N–H and O–H groups in total. The van der Waals surface area contributed by atoms with Gasteiger partial charge in [0.15, 0.2) is 5.70 Å². The highest BCUT2D eigenvalue weighted by Gasteiger charge is 2.30. The van der Waals surface area contributed by atoms with E-state index in [1.165, 1.54) is 24.3 Å². The number of esters is 1. The molecular formula is C22H14F3NO3. The molecule has 2 aromatic carbocycles. The van der Waals surface area contributed by atoms with Crippen LogP contribution in [0.3, 0.4) is 0 Å². The number of carbonyl (C=O) groups excluding carboxylic acids is 1. The van der Waals surface area contributed by atoms with Crippen LogP contribution in [0.1, 0.15) is 22.5 Å². The summed E-state index contributed by atoms with van der Waals surface area (Å²) < 4.78 is 49.5.